The lowest BCUT2D eigenvalue weighted by Crippen LogP contribution is -2.23. The molecule has 0 aliphatic rings. The van der Waals surface area contributed by atoms with Crippen LogP contribution in [0.2, 0.25) is 5.02 Å². The van der Waals surface area contributed by atoms with Crippen molar-refractivity contribution < 1.29 is 9.21 Å². The molecule has 0 aliphatic heterocycles. The van der Waals surface area contributed by atoms with Crippen LogP contribution in [0.3, 0.4) is 0 Å². The average molecular weight is 330 g/mol. The molecule has 0 unspecified atom stereocenters. The molecule has 6 heteroatoms. The molecule has 0 spiro atoms. The Morgan fingerprint density at radius 3 is 2.74 bits per heavy atom. The third-order valence-corrected chi connectivity index (χ3v) is 3.77. The van der Waals surface area contributed by atoms with Crippen LogP contribution < -0.4 is 5.32 Å². The summed E-state index contributed by atoms with van der Waals surface area (Å²) in [6.45, 7) is 2.34. The van der Waals surface area contributed by atoms with Crippen LogP contribution in [0.5, 0.6) is 0 Å². The lowest BCUT2D eigenvalue weighted by Gasteiger charge is -2.08. The molecular weight excluding hydrogens is 314 g/mol. The minimum Gasteiger partial charge on any atom is -0.467 e. The van der Waals surface area contributed by atoms with Gasteiger partial charge in [0.15, 0.2) is 0 Å². The SMILES string of the molecule is CCc1c(C(=O)NCc2ccco2)cnn1-c1ccc(Cl)cc1. The van der Waals surface area contributed by atoms with Crippen LogP contribution >= 0.6 is 11.6 Å². The standard InChI is InChI=1S/C17H16ClN3O2/c1-2-16-15(17(22)19-10-14-4-3-9-23-14)11-20-21(16)13-7-5-12(18)6-8-13/h3-9,11H,2,10H2,1H3,(H,19,22). The van der Waals surface area contributed by atoms with E-state index >= 15 is 0 Å². The number of rotatable bonds is 5. The van der Waals surface area contributed by atoms with Crippen LogP contribution in [0.1, 0.15) is 28.7 Å². The lowest BCUT2D eigenvalue weighted by atomic mass is 10.2. The molecule has 23 heavy (non-hydrogen) atoms. The van der Waals surface area contributed by atoms with Gasteiger partial charge in [0.1, 0.15) is 5.76 Å². The van der Waals surface area contributed by atoms with E-state index in [1.54, 1.807) is 35.3 Å². The van der Waals surface area contributed by atoms with E-state index in [0.717, 1.165) is 11.4 Å². The van der Waals surface area contributed by atoms with Gasteiger partial charge in [0.25, 0.3) is 5.91 Å². The number of aromatic nitrogens is 2. The van der Waals surface area contributed by atoms with E-state index < -0.39 is 0 Å². The first-order chi connectivity index (χ1) is 11.2. The molecule has 1 amide bonds. The predicted molar refractivity (Wildman–Crippen MR) is 87.8 cm³/mol. The highest BCUT2D eigenvalue weighted by Crippen LogP contribution is 2.18. The topological polar surface area (TPSA) is 60.1 Å². The number of carbonyl (C=O) groups is 1. The Balaban J connectivity index is 1.82. The van der Waals surface area contributed by atoms with Gasteiger partial charge in [-0.15, -0.1) is 0 Å². The zero-order chi connectivity index (χ0) is 16.2. The number of furan rings is 1. The second kappa shape index (κ2) is 6.71. The quantitative estimate of drug-likeness (QED) is 0.777. The summed E-state index contributed by atoms with van der Waals surface area (Å²) in [5, 5.41) is 7.85. The predicted octanol–water partition coefficient (Wildman–Crippen LogP) is 3.61. The summed E-state index contributed by atoms with van der Waals surface area (Å²) in [7, 11) is 0. The van der Waals surface area contributed by atoms with Gasteiger partial charge in [-0.2, -0.15) is 5.10 Å². The number of benzene rings is 1. The molecule has 0 saturated heterocycles. The van der Waals surface area contributed by atoms with Crippen molar-refractivity contribution in [2.24, 2.45) is 0 Å². The molecule has 1 aromatic carbocycles. The van der Waals surface area contributed by atoms with E-state index in [9.17, 15) is 4.79 Å². The van der Waals surface area contributed by atoms with Gasteiger partial charge >= 0.3 is 0 Å². The van der Waals surface area contributed by atoms with Gasteiger partial charge in [-0.05, 0) is 42.8 Å². The molecule has 0 atom stereocenters. The first-order valence-electron chi connectivity index (χ1n) is 7.32. The van der Waals surface area contributed by atoms with Crippen molar-refractivity contribution in [3.05, 3.63) is 70.9 Å². The third kappa shape index (κ3) is 3.29. The van der Waals surface area contributed by atoms with Crippen molar-refractivity contribution in [1.82, 2.24) is 15.1 Å². The van der Waals surface area contributed by atoms with Crippen LogP contribution in [0.25, 0.3) is 5.69 Å². The van der Waals surface area contributed by atoms with E-state index in [1.165, 1.54) is 0 Å². The highest BCUT2D eigenvalue weighted by molar-refractivity contribution is 6.30. The van der Waals surface area contributed by atoms with Crippen molar-refractivity contribution in [3.63, 3.8) is 0 Å². The second-order valence-electron chi connectivity index (χ2n) is 5.01. The summed E-state index contributed by atoms with van der Waals surface area (Å²) < 4.78 is 6.98. The smallest absolute Gasteiger partial charge is 0.255 e. The molecule has 0 saturated carbocycles. The molecule has 0 fully saturated rings. The zero-order valence-electron chi connectivity index (χ0n) is 12.6. The maximum absolute atomic E-state index is 12.4. The fourth-order valence-corrected chi connectivity index (χ4v) is 2.51. The molecule has 2 heterocycles. The molecular formula is C17H16ClN3O2. The summed E-state index contributed by atoms with van der Waals surface area (Å²) in [5.74, 6) is 0.542. The Hall–Kier alpha value is -2.53. The fourth-order valence-electron chi connectivity index (χ4n) is 2.38. The summed E-state index contributed by atoms with van der Waals surface area (Å²) >= 11 is 5.92. The number of amides is 1. The van der Waals surface area contributed by atoms with Gasteiger partial charge in [0.2, 0.25) is 0 Å². The van der Waals surface area contributed by atoms with Gasteiger partial charge in [0.05, 0.1) is 35.9 Å². The van der Waals surface area contributed by atoms with Crippen molar-refractivity contribution >= 4 is 17.5 Å². The second-order valence-corrected chi connectivity index (χ2v) is 5.45. The molecule has 1 N–H and O–H groups in total. The zero-order valence-corrected chi connectivity index (χ0v) is 13.4. The third-order valence-electron chi connectivity index (χ3n) is 3.52. The lowest BCUT2D eigenvalue weighted by molar-refractivity contribution is 0.0947. The maximum Gasteiger partial charge on any atom is 0.255 e. The minimum absolute atomic E-state index is 0.168. The number of nitrogens with zero attached hydrogens (tertiary/aromatic N) is 2. The Morgan fingerprint density at radius 1 is 1.30 bits per heavy atom. The summed E-state index contributed by atoms with van der Waals surface area (Å²) in [6.07, 6.45) is 3.86. The monoisotopic (exact) mass is 329 g/mol. The van der Waals surface area contributed by atoms with Crippen LogP contribution in [0.4, 0.5) is 0 Å². The van der Waals surface area contributed by atoms with Crippen LogP contribution in [-0.4, -0.2) is 15.7 Å². The van der Waals surface area contributed by atoms with Crippen molar-refractivity contribution in [2.75, 3.05) is 0 Å². The molecule has 5 nitrogen and oxygen atoms in total. The van der Waals surface area contributed by atoms with Crippen LogP contribution in [0, 0.1) is 0 Å². The number of hydrogen-bond donors (Lipinski definition) is 1. The molecule has 0 bridgehead atoms. The Bertz CT molecular complexity index is 792. The van der Waals surface area contributed by atoms with Crippen LogP contribution in [-0.2, 0) is 13.0 Å². The first kappa shape index (κ1) is 15.4. The number of hydrogen-bond acceptors (Lipinski definition) is 3. The largest absolute Gasteiger partial charge is 0.467 e. The highest BCUT2D eigenvalue weighted by atomic mass is 35.5. The highest BCUT2D eigenvalue weighted by Gasteiger charge is 2.17. The Kier molecular flexibility index (Phi) is 4.48. The van der Waals surface area contributed by atoms with Crippen molar-refractivity contribution in [1.29, 1.82) is 0 Å². The maximum atomic E-state index is 12.4. The van der Waals surface area contributed by atoms with E-state index in [4.69, 9.17) is 16.0 Å². The van der Waals surface area contributed by atoms with E-state index in [2.05, 4.69) is 10.4 Å². The molecule has 118 valence electrons. The van der Waals surface area contributed by atoms with E-state index in [0.29, 0.717) is 29.3 Å². The molecule has 2 aromatic heterocycles. The molecule has 3 rings (SSSR count). The Morgan fingerprint density at radius 2 is 2.09 bits per heavy atom. The van der Waals surface area contributed by atoms with Crippen molar-refractivity contribution in [2.45, 2.75) is 19.9 Å². The number of carbonyl (C=O) groups excluding carboxylic acids is 1. The summed E-state index contributed by atoms with van der Waals surface area (Å²) in [4.78, 5) is 12.4. The van der Waals surface area contributed by atoms with Gasteiger partial charge in [-0.3, -0.25) is 4.79 Å². The van der Waals surface area contributed by atoms with Crippen LogP contribution in [0.15, 0.2) is 53.3 Å². The van der Waals surface area contributed by atoms with Gasteiger partial charge < -0.3 is 9.73 Å². The average Bonchev–Trinajstić information content (AvgIpc) is 3.22. The summed E-state index contributed by atoms with van der Waals surface area (Å²) in [5.41, 5.74) is 2.29. The van der Waals surface area contributed by atoms with Gasteiger partial charge in [-0.1, -0.05) is 18.5 Å². The van der Waals surface area contributed by atoms with E-state index in [-0.39, 0.29) is 5.91 Å². The van der Waals surface area contributed by atoms with E-state index in [1.807, 2.05) is 25.1 Å². The Labute approximate surface area is 138 Å². The molecule has 0 aliphatic carbocycles. The van der Waals surface area contributed by atoms with Gasteiger partial charge in [-0.25, -0.2) is 4.68 Å². The normalized spacial score (nSPS) is 10.7. The minimum atomic E-state index is -0.168. The molecule has 3 aromatic rings. The number of nitrogens with one attached hydrogen (secondary N) is 1. The number of halogens is 1. The summed E-state index contributed by atoms with van der Waals surface area (Å²) in [6, 6.07) is 11.0. The fraction of sp³-hybridized carbons (Fsp3) is 0.176. The molecule has 0 radical (unpaired) electrons. The van der Waals surface area contributed by atoms with Gasteiger partial charge in [0, 0.05) is 5.02 Å². The first-order valence-corrected chi connectivity index (χ1v) is 7.70. The van der Waals surface area contributed by atoms with Crippen molar-refractivity contribution in [3.8, 4) is 5.69 Å².